The third kappa shape index (κ3) is 5.00. The molecule has 0 saturated heterocycles. The van der Waals surface area contributed by atoms with Gasteiger partial charge in [0.1, 0.15) is 5.82 Å². The van der Waals surface area contributed by atoms with Crippen LogP contribution < -0.4 is 5.32 Å². The highest BCUT2D eigenvalue weighted by molar-refractivity contribution is 9.10. The van der Waals surface area contributed by atoms with E-state index < -0.39 is 0 Å². The van der Waals surface area contributed by atoms with Gasteiger partial charge in [-0.2, -0.15) is 11.8 Å². The van der Waals surface area contributed by atoms with E-state index in [0.717, 1.165) is 28.8 Å². The number of hydrogen-bond acceptors (Lipinski definition) is 2. The number of nitrogens with one attached hydrogen (secondary N) is 1. The molecule has 0 fully saturated rings. The zero-order valence-electron chi connectivity index (χ0n) is 8.72. The first-order valence-electron chi connectivity index (χ1n) is 4.87. The molecule has 0 aromatic heterocycles. The zero-order chi connectivity index (χ0) is 11.1. The van der Waals surface area contributed by atoms with Crippen LogP contribution in [0.2, 0.25) is 0 Å². The van der Waals surface area contributed by atoms with Gasteiger partial charge in [-0.15, -0.1) is 0 Å². The highest BCUT2D eigenvalue weighted by Gasteiger charge is 2.00. The molecule has 0 heterocycles. The second-order valence-corrected chi connectivity index (χ2v) is 5.10. The number of rotatable bonds is 6. The average Bonchev–Trinajstić information content (AvgIpc) is 2.23. The minimum Gasteiger partial charge on any atom is -0.313 e. The smallest absolute Gasteiger partial charge is 0.123 e. The molecule has 15 heavy (non-hydrogen) atoms. The summed E-state index contributed by atoms with van der Waals surface area (Å²) in [6, 6.07) is 4.77. The van der Waals surface area contributed by atoms with Gasteiger partial charge in [0, 0.05) is 11.0 Å². The average molecular weight is 292 g/mol. The molecule has 1 aromatic rings. The summed E-state index contributed by atoms with van der Waals surface area (Å²) < 4.78 is 13.9. The number of benzene rings is 1. The summed E-state index contributed by atoms with van der Waals surface area (Å²) in [7, 11) is 0. The highest BCUT2D eigenvalue weighted by atomic mass is 79.9. The van der Waals surface area contributed by atoms with Crippen molar-refractivity contribution in [2.45, 2.75) is 13.0 Å². The maximum absolute atomic E-state index is 12.9. The number of thioether (sulfide) groups is 1. The van der Waals surface area contributed by atoms with Crippen LogP contribution in [0.25, 0.3) is 0 Å². The first kappa shape index (κ1) is 13.0. The molecule has 0 atom stereocenters. The van der Waals surface area contributed by atoms with E-state index in [1.165, 1.54) is 6.07 Å². The SMILES string of the molecule is CSCCCNCc1cc(F)ccc1Br. The monoisotopic (exact) mass is 291 g/mol. The molecular weight excluding hydrogens is 277 g/mol. The normalized spacial score (nSPS) is 10.6. The van der Waals surface area contributed by atoms with Crippen molar-refractivity contribution in [2.75, 3.05) is 18.6 Å². The van der Waals surface area contributed by atoms with Crippen molar-refractivity contribution in [3.63, 3.8) is 0 Å². The van der Waals surface area contributed by atoms with E-state index in [1.54, 1.807) is 12.1 Å². The number of halogens is 2. The van der Waals surface area contributed by atoms with Gasteiger partial charge in [0.2, 0.25) is 0 Å². The summed E-state index contributed by atoms with van der Waals surface area (Å²) in [5, 5.41) is 3.29. The minimum absolute atomic E-state index is 0.181. The van der Waals surface area contributed by atoms with E-state index in [1.807, 2.05) is 11.8 Å². The Morgan fingerprint density at radius 2 is 2.27 bits per heavy atom. The third-order valence-corrected chi connectivity index (χ3v) is 3.50. The van der Waals surface area contributed by atoms with Crippen molar-refractivity contribution in [1.29, 1.82) is 0 Å². The summed E-state index contributed by atoms with van der Waals surface area (Å²) in [4.78, 5) is 0. The predicted molar refractivity (Wildman–Crippen MR) is 68.8 cm³/mol. The van der Waals surface area contributed by atoms with Gasteiger partial charge in [-0.3, -0.25) is 0 Å². The van der Waals surface area contributed by atoms with Crippen molar-refractivity contribution in [3.8, 4) is 0 Å². The van der Waals surface area contributed by atoms with Crippen LogP contribution in [-0.4, -0.2) is 18.6 Å². The highest BCUT2D eigenvalue weighted by Crippen LogP contribution is 2.17. The fourth-order valence-electron chi connectivity index (χ4n) is 1.24. The van der Waals surface area contributed by atoms with E-state index in [4.69, 9.17) is 0 Å². The molecule has 0 saturated carbocycles. The molecule has 0 unspecified atom stereocenters. The lowest BCUT2D eigenvalue weighted by Crippen LogP contribution is -2.15. The Kier molecular flexibility index (Phi) is 6.29. The molecule has 0 bridgehead atoms. The lowest BCUT2D eigenvalue weighted by atomic mass is 10.2. The topological polar surface area (TPSA) is 12.0 Å². The van der Waals surface area contributed by atoms with E-state index in [9.17, 15) is 4.39 Å². The molecule has 0 spiro atoms. The molecule has 1 rings (SSSR count). The Morgan fingerprint density at radius 1 is 1.47 bits per heavy atom. The van der Waals surface area contributed by atoms with Crippen LogP contribution in [0.1, 0.15) is 12.0 Å². The lowest BCUT2D eigenvalue weighted by molar-refractivity contribution is 0.618. The Labute approximate surface area is 103 Å². The Balaban J connectivity index is 2.33. The van der Waals surface area contributed by atoms with E-state index >= 15 is 0 Å². The molecular formula is C11H15BrFNS. The molecule has 4 heteroatoms. The maximum Gasteiger partial charge on any atom is 0.123 e. The molecule has 0 aliphatic heterocycles. The van der Waals surface area contributed by atoms with Crippen LogP contribution in [0, 0.1) is 5.82 Å². The van der Waals surface area contributed by atoms with Crippen LogP contribution in [-0.2, 0) is 6.54 Å². The second-order valence-electron chi connectivity index (χ2n) is 3.26. The maximum atomic E-state index is 12.9. The molecule has 0 radical (unpaired) electrons. The number of hydrogen-bond donors (Lipinski definition) is 1. The van der Waals surface area contributed by atoms with Gasteiger partial charge in [-0.05, 0) is 48.7 Å². The van der Waals surface area contributed by atoms with Crippen molar-refractivity contribution >= 4 is 27.7 Å². The summed E-state index contributed by atoms with van der Waals surface area (Å²) in [6.07, 6.45) is 3.25. The minimum atomic E-state index is -0.181. The first-order chi connectivity index (χ1) is 7.24. The Morgan fingerprint density at radius 3 is 3.00 bits per heavy atom. The molecule has 1 nitrogen and oxygen atoms in total. The molecule has 0 aliphatic rings. The fourth-order valence-corrected chi connectivity index (χ4v) is 2.06. The largest absolute Gasteiger partial charge is 0.313 e. The van der Waals surface area contributed by atoms with Gasteiger partial charge in [0.15, 0.2) is 0 Å². The van der Waals surface area contributed by atoms with Crippen molar-refractivity contribution in [2.24, 2.45) is 0 Å². The van der Waals surface area contributed by atoms with Crippen molar-refractivity contribution in [1.82, 2.24) is 5.32 Å². The molecule has 0 aliphatic carbocycles. The lowest BCUT2D eigenvalue weighted by Gasteiger charge is -2.06. The van der Waals surface area contributed by atoms with Gasteiger partial charge in [-0.25, -0.2) is 4.39 Å². The van der Waals surface area contributed by atoms with Crippen LogP contribution in [0.15, 0.2) is 22.7 Å². The van der Waals surface area contributed by atoms with Gasteiger partial charge >= 0.3 is 0 Å². The Hall–Kier alpha value is -0.0600. The summed E-state index contributed by atoms with van der Waals surface area (Å²) >= 11 is 5.25. The van der Waals surface area contributed by atoms with Crippen LogP contribution in [0.3, 0.4) is 0 Å². The van der Waals surface area contributed by atoms with Gasteiger partial charge < -0.3 is 5.32 Å². The second kappa shape index (κ2) is 7.25. The summed E-state index contributed by atoms with van der Waals surface area (Å²) in [5.41, 5.74) is 0.971. The van der Waals surface area contributed by atoms with E-state index in [0.29, 0.717) is 6.54 Å². The summed E-state index contributed by atoms with van der Waals surface area (Å²) in [6.45, 7) is 1.69. The fraction of sp³-hybridized carbons (Fsp3) is 0.455. The van der Waals surface area contributed by atoms with E-state index in [2.05, 4.69) is 27.5 Å². The quantitative estimate of drug-likeness (QED) is 0.806. The predicted octanol–water partition coefficient (Wildman–Crippen LogP) is 3.43. The molecule has 84 valence electrons. The molecule has 0 amide bonds. The van der Waals surface area contributed by atoms with Crippen LogP contribution in [0.4, 0.5) is 4.39 Å². The summed E-state index contributed by atoms with van der Waals surface area (Å²) in [5.74, 6) is 0.983. The van der Waals surface area contributed by atoms with Gasteiger partial charge in [0.05, 0.1) is 0 Å². The standard InChI is InChI=1S/C11H15BrFNS/c1-15-6-2-5-14-8-9-7-10(13)3-4-11(9)12/h3-4,7,14H,2,5-6,8H2,1H3. The van der Waals surface area contributed by atoms with Crippen LogP contribution >= 0.6 is 27.7 Å². The first-order valence-corrected chi connectivity index (χ1v) is 7.06. The molecule has 1 N–H and O–H groups in total. The van der Waals surface area contributed by atoms with Crippen molar-refractivity contribution < 1.29 is 4.39 Å². The van der Waals surface area contributed by atoms with Crippen molar-refractivity contribution in [3.05, 3.63) is 34.1 Å². The van der Waals surface area contributed by atoms with Gasteiger partial charge in [0.25, 0.3) is 0 Å². The Bertz CT molecular complexity index is 307. The molecule has 1 aromatic carbocycles. The third-order valence-electron chi connectivity index (χ3n) is 2.03. The van der Waals surface area contributed by atoms with Gasteiger partial charge in [-0.1, -0.05) is 15.9 Å². The zero-order valence-corrected chi connectivity index (χ0v) is 11.1. The van der Waals surface area contributed by atoms with Crippen LogP contribution in [0.5, 0.6) is 0 Å². The van der Waals surface area contributed by atoms with E-state index in [-0.39, 0.29) is 5.82 Å².